The Labute approximate surface area is 95.1 Å². The maximum Gasteiger partial charge on any atom is 3.00 e. The van der Waals surface area contributed by atoms with E-state index >= 15 is 0 Å². The molecule has 0 fully saturated rings. The summed E-state index contributed by atoms with van der Waals surface area (Å²) in [6.45, 7) is 0. The van der Waals surface area contributed by atoms with Gasteiger partial charge in [-0.05, 0) is 11.1 Å². The summed E-state index contributed by atoms with van der Waals surface area (Å²) >= 11 is 0. The maximum absolute atomic E-state index is 10.2. The standard InChI is InChI=1S/C8H6O4.Ni.2H2O/c9-7(10)5-1-2-6(4-3-5)8(11)12;;;/h1-4H,(H,9,10)(H,11,12);;2*1H2/q;+3;;/p-3. The van der Waals surface area contributed by atoms with Crippen LogP contribution in [-0.4, -0.2) is 22.9 Å². The molecule has 0 atom stereocenters. The Morgan fingerprint density at radius 1 is 0.867 bits per heavy atom. The van der Waals surface area contributed by atoms with E-state index in [-0.39, 0.29) is 38.6 Å². The van der Waals surface area contributed by atoms with E-state index in [1.54, 1.807) is 0 Å². The van der Waals surface area contributed by atoms with Gasteiger partial charge in [-0.25, -0.2) is 0 Å². The molecule has 0 unspecified atom stereocenters. The van der Waals surface area contributed by atoms with Crippen molar-refractivity contribution in [1.29, 1.82) is 0 Å². The first-order valence-corrected chi connectivity index (χ1v) is 3.14. The molecule has 0 heterocycles. The van der Waals surface area contributed by atoms with Crippen molar-refractivity contribution in [3.8, 4) is 0 Å². The van der Waals surface area contributed by atoms with Gasteiger partial charge in [0.2, 0.25) is 0 Å². The minimum Gasteiger partial charge on any atom is -0.870 e. The van der Waals surface area contributed by atoms with Gasteiger partial charge in [-0.3, -0.25) is 0 Å². The van der Waals surface area contributed by atoms with Gasteiger partial charge in [-0.1, -0.05) is 24.3 Å². The summed E-state index contributed by atoms with van der Waals surface area (Å²) in [6, 6.07) is 4.61. The van der Waals surface area contributed by atoms with Gasteiger partial charge in [-0.2, -0.15) is 0 Å². The predicted molar refractivity (Wildman–Crippen MR) is 40.7 cm³/mol. The van der Waals surface area contributed by atoms with Gasteiger partial charge in [-0.15, -0.1) is 0 Å². The van der Waals surface area contributed by atoms with E-state index in [4.69, 9.17) is 0 Å². The fourth-order valence-electron chi connectivity index (χ4n) is 0.742. The zero-order valence-corrected chi connectivity index (χ0v) is 8.19. The summed E-state index contributed by atoms with van der Waals surface area (Å²) < 4.78 is 0. The van der Waals surface area contributed by atoms with Crippen LogP contribution in [0.2, 0.25) is 0 Å². The monoisotopic (exact) mass is 257 g/mol. The zero-order chi connectivity index (χ0) is 9.14. The summed E-state index contributed by atoms with van der Waals surface area (Å²) in [7, 11) is 0. The average molecular weight is 258 g/mol. The number of carbonyl (C=O) groups excluding carboxylic acids is 2. The van der Waals surface area contributed by atoms with Crippen molar-refractivity contribution in [1.82, 2.24) is 0 Å². The molecule has 1 aromatic carbocycles. The van der Waals surface area contributed by atoms with Crippen LogP contribution in [-0.2, 0) is 16.5 Å². The topological polar surface area (TPSA) is 142 Å². The van der Waals surface area contributed by atoms with Gasteiger partial charge in [0, 0.05) is 0 Å². The minimum atomic E-state index is -1.33. The van der Waals surface area contributed by atoms with Crippen LogP contribution in [0.25, 0.3) is 0 Å². The molecule has 0 saturated carbocycles. The van der Waals surface area contributed by atoms with Gasteiger partial charge in [0.05, 0.1) is 11.9 Å². The van der Waals surface area contributed by atoms with Crippen molar-refractivity contribution in [3.63, 3.8) is 0 Å². The molecule has 85 valence electrons. The number of hydrogen-bond acceptors (Lipinski definition) is 5. The summed E-state index contributed by atoms with van der Waals surface area (Å²) in [5, 5.41) is 20.4. The van der Waals surface area contributed by atoms with Crippen molar-refractivity contribution in [2.45, 2.75) is 0 Å². The van der Waals surface area contributed by atoms with Crippen molar-refractivity contribution in [2.24, 2.45) is 0 Å². The molecule has 3 N–H and O–H groups in total. The van der Waals surface area contributed by atoms with Gasteiger partial charge in [0.25, 0.3) is 0 Å². The molecule has 1 aromatic rings. The second kappa shape index (κ2) is 7.93. The van der Waals surface area contributed by atoms with E-state index in [1.165, 1.54) is 0 Å². The van der Waals surface area contributed by atoms with E-state index in [0.717, 1.165) is 24.3 Å². The smallest absolute Gasteiger partial charge is 0.870 e. The first-order valence-electron chi connectivity index (χ1n) is 3.14. The molecule has 0 aliphatic carbocycles. The Bertz CT molecular complexity index is 287. The molecular weight excluding hydrogens is 251 g/mol. The predicted octanol–water partition coefficient (Wildman–Crippen LogP) is -2.59. The van der Waals surface area contributed by atoms with Crippen LogP contribution in [0.3, 0.4) is 0 Å². The van der Waals surface area contributed by atoms with E-state index < -0.39 is 11.9 Å². The fourth-order valence-corrected chi connectivity index (χ4v) is 0.742. The third-order valence-corrected chi connectivity index (χ3v) is 1.36. The third-order valence-electron chi connectivity index (χ3n) is 1.36. The second-order valence-electron chi connectivity index (χ2n) is 2.15. The van der Waals surface area contributed by atoms with Crippen LogP contribution in [0, 0.1) is 0 Å². The van der Waals surface area contributed by atoms with E-state index in [1.807, 2.05) is 0 Å². The number of aromatic carboxylic acids is 2. The number of benzene rings is 1. The molecule has 0 aromatic heterocycles. The molecule has 0 bridgehead atoms. The Kier molecular flexibility index (Phi) is 10.1. The van der Waals surface area contributed by atoms with Gasteiger partial charge in [0.15, 0.2) is 0 Å². The van der Waals surface area contributed by atoms with Crippen molar-refractivity contribution in [2.75, 3.05) is 0 Å². The third kappa shape index (κ3) is 5.12. The average Bonchev–Trinajstić information content (AvgIpc) is 2.04. The normalized spacial score (nSPS) is 7.47. The largest absolute Gasteiger partial charge is 3.00 e. The maximum atomic E-state index is 10.2. The summed E-state index contributed by atoms with van der Waals surface area (Å²) in [5.74, 6) is -2.67. The van der Waals surface area contributed by atoms with Crippen LogP contribution in [0.5, 0.6) is 0 Å². The minimum absolute atomic E-state index is 0. The van der Waals surface area contributed by atoms with Crippen LogP contribution < -0.4 is 10.2 Å². The van der Waals surface area contributed by atoms with E-state index in [9.17, 15) is 19.8 Å². The van der Waals surface area contributed by atoms with Crippen LogP contribution >= 0.6 is 0 Å². The van der Waals surface area contributed by atoms with Crippen LogP contribution in [0.15, 0.2) is 24.3 Å². The van der Waals surface area contributed by atoms with E-state index in [0.29, 0.717) is 0 Å². The van der Waals surface area contributed by atoms with E-state index in [2.05, 4.69) is 0 Å². The summed E-state index contributed by atoms with van der Waals surface area (Å²) in [4.78, 5) is 20.4. The molecule has 1 radical (unpaired) electrons. The van der Waals surface area contributed by atoms with Crippen LogP contribution in [0.4, 0.5) is 0 Å². The Balaban J connectivity index is -0.000000480. The van der Waals surface area contributed by atoms with Crippen molar-refractivity contribution >= 4 is 11.9 Å². The number of carboxylic acids is 2. The number of carbonyl (C=O) groups is 2. The Morgan fingerprint density at radius 3 is 1.20 bits per heavy atom. The van der Waals surface area contributed by atoms with Crippen molar-refractivity contribution in [3.05, 3.63) is 35.4 Å². The molecule has 6 nitrogen and oxygen atoms in total. The molecule has 0 saturated heterocycles. The molecule has 0 amide bonds. The van der Waals surface area contributed by atoms with Gasteiger partial charge in [0.1, 0.15) is 0 Å². The molecule has 15 heavy (non-hydrogen) atoms. The first kappa shape index (κ1) is 19.2. The molecular formula is C8H7NiO6. The SMILES string of the molecule is O.O=C([O-])c1ccc(C(=O)[O-])cc1.[Ni+3].[OH-]. The van der Waals surface area contributed by atoms with Crippen molar-refractivity contribution < 1.29 is 47.2 Å². The Hall–Kier alpha value is -1.43. The number of carboxylic acid groups (broad SMARTS) is 2. The quantitative estimate of drug-likeness (QED) is 0.534. The summed E-state index contributed by atoms with van der Waals surface area (Å²) in [5.41, 5.74) is -0.111. The van der Waals surface area contributed by atoms with Crippen LogP contribution in [0.1, 0.15) is 20.7 Å². The first-order chi connectivity index (χ1) is 5.61. The fraction of sp³-hybridized carbons (Fsp3) is 0. The van der Waals surface area contributed by atoms with Gasteiger partial charge < -0.3 is 30.8 Å². The molecule has 0 spiro atoms. The zero-order valence-electron chi connectivity index (χ0n) is 7.21. The number of rotatable bonds is 2. The molecule has 7 heteroatoms. The number of hydrogen-bond donors (Lipinski definition) is 0. The van der Waals surface area contributed by atoms with Gasteiger partial charge >= 0.3 is 16.5 Å². The summed E-state index contributed by atoms with van der Waals surface area (Å²) in [6.07, 6.45) is 0. The Morgan fingerprint density at radius 2 is 1.07 bits per heavy atom. The second-order valence-corrected chi connectivity index (χ2v) is 2.15. The molecule has 0 aliphatic heterocycles. The molecule has 1 rings (SSSR count). The molecule has 0 aliphatic rings.